The Morgan fingerprint density at radius 3 is 2.86 bits per heavy atom. The maximum Gasteiger partial charge on any atom is 0.0139 e. The lowest BCUT2D eigenvalue weighted by molar-refractivity contribution is 0.325. The van der Waals surface area contributed by atoms with Crippen molar-refractivity contribution in [3.05, 3.63) is 29.8 Å². The molecule has 3 rings (SSSR count). The van der Waals surface area contributed by atoms with Crippen LogP contribution in [0.5, 0.6) is 0 Å². The van der Waals surface area contributed by atoms with Crippen LogP contribution in [0, 0.1) is 5.92 Å². The highest BCUT2D eigenvalue weighted by molar-refractivity contribution is 8.00. The molecule has 0 amide bonds. The first-order chi connectivity index (χ1) is 6.92. The van der Waals surface area contributed by atoms with Gasteiger partial charge in [0.05, 0.1) is 0 Å². The van der Waals surface area contributed by atoms with Crippen molar-refractivity contribution in [1.29, 1.82) is 0 Å². The minimum absolute atomic E-state index is 0.847. The summed E-state index contributed by atoms with van der Waals surface area (Å²) in [5.41, 5.74) is 1.56. The van der Waals surface area contributed by atoms with Gasteiger partial charge in [0.25, 0.3) is 0 Å². The normalized spacial score (nSPS) is 25.9. The van der Waals surface area contributed by atoms with Gasteiger partial charge in [-0.05, 0) is 43.5 Å². The summed E-state index contributed by atoms with van der Waals surface area (Å²) >= 11 is 2.09. The van der Waals surface area contributed by atoms with Gasteiger partial charge in [-0.3, -0.25) is 0 Å². The van der Waals surface area contributed by atoms with Crippen molar-refractivity contribution in [3.63, 3.8) is 0 Å². The van der Waals surface area contributed by atoms with E-state index < -0.39 is 0 Å². The van der Waals surface area contributed by atoms with Gasteiger partial charge >= 0.3 is 0 Å². The van der Waals surface area contributed by atoms with Gasteiger partial charge in [0, 0.05) is 10.1 Å². The molecule has 1 saturated heterocycles. The molecule has 0 radical (unpaired) electrons. The second-order valence-corrected chi connectivity index (χ2v) is 5.65. The lowest BCUT2D eigenvalue weighted by atomic mass is 9.95. The van der Waals surface area contributed by atoms with Crippen molar-refractivity contribution in [3.8, 4) is 0 Å². The predicted octanol–water partition coefficient (Wildman–Crippen LogP) is 2.31. The Hall–Kier alpha value is -0.470. The average Bonchev–Trinajstić information content (AvgIpc) is 2.53. The number of benzene rings is 1. The van der Waals surface area contributed by atoms with Gasteiger partial charge in [-0.2, -0.15) is 0 Å². The van der Waals surface area contributed by atoms with Crippen LogP contribution < -0.4 is 5.32 Å². The number of thioether (sulfide) groups is 1. The van der Waals surface area contributed by atoms with Gasteiger partial charge in [-0.25, -0.2) is 0 Å². The van der Waals surface area contributed by atoms with Crippen LogP contribution in [0.4, 0.5) is 0 Å². The summed E-state index contributed by atoms with van der Waals surface area (Å²) in [6, 6.07) is 8.85. The fourth-order valence-electron chi connectivity index (χ4n) is 2.27. The van der Waals surface area contributed by atoms with Crippen LogP contribution in [0.1, 0.15) is 12.0 Å². The monoisotopic (exact) mass is 205 g/mol. The fraction of sp³-hybridized carbons (Fsp3) is 0.500. The minimum Gasteiger partial charge on any atom is -0.316 e. The van der Waals surface area contributed by atoms with Crippen molar-refractivity contribution in [2.45, 2.75) is 23.0 Å². The van der Waals surface area contributed by atoms with Crippen LogP contribution in [0.3, 0.4) is 0 Å². The summed E-state index contributed by atoms with van der Waals surface area (Å²) in [6.45, 7) is 2.49. The zero-order chi connectivity index (χ0) is 9.38. The van der Waals surface area contributed by atoms with E-state index in [1.807, 2.05) is 0 Å². The molecule has 2 aliphatic heterocycles. The van der Waals surface area contributed by atoms with E-state index in [2.05, 4.69) is 41.3 Å². The molecule has 14 heavy (non-hydrogen) atoms. The van der Waals surface area contributed by atoms with Crippen LogP contribution in [0.15, 0.2) is 29.2 Å². The van der Waals surface area contributed by atoms with Crippen LogP contribution in [-0.2, 0) is 6.42 Å². The summed E-state index contributed by atoms with van der Waals surface area (Å²) in [5.74, 6) is 0.946. The Kier molecular flexibility index (Phi) is 2.26. The standard InChI is InChI=1S/C12H15NS/c1-2-4-12-10(3-1)6-11(14-12)5-9-7-13-8-9/h1-4,9,11,13H,5-8H2. The van der Waals surface area contributed by atoms with Gasteiger partial charge < -0.3 is 5.32 Å². The molecular formula is C12H15NS. The van der Waals surface area contributed by atoms with Crippen LogP contribution in [0.25, 0.3) is 0 Å². The molecule has 1 nitrogen and oxygen atoms in total. The van der Waals surface area contributed by atoms with Crippen LogP contribution in [-0.4, -0.2) is 18.3 Å². The second kappa shape index (κ2) is 3.59. The van der Waals surface area contributed by atoms with Gasteiger partial charge in [-0.1, -0.05) is 18.2 Å². The molecule has 0 aliphatic carbocycles. The molecule has 0 aromatic heterocycles. The molecule has 2 heterocycles. The number of hydrogen-bond acceptors (Lipinski definition) is 2. The molecular weight excluding hydrogens is 190 g/mol. The van der Waals surface area contributed by atoms with Crippen molar-refractivity contribution >= 4 is 11.8 Å². The predicted molar refractivity (Wildman–Crippen MR) is 60.8 cm³/mol. The number of nitrogens with one attached hydrogen (secondary N) is 1. The molecule has 1 N–H and O–H groups in total. The molecule has 1 aromatic rings. The van der Waals surface area contributed by atoms with Gasteiger partial charge in [0.1, 0.15) is 0 Å². The number of hydrogen-bond donors (Lipinski definition) is 1. The molecule has 1 unspecified atom stereocenters. The Morgan fingerprint density at radius 1 is 1.29 bits per heavy atom. The summed E-state index contributed by atoms with van der Waals surface area (Å²) < 4.78 is 0. The van der Waals surface area contributed by atoms with Crippen molar-refractivity contribution < 1.29 is 0 Å². The molecule has 2 aliphatic rings. The first-order valence-electron chi connectivity index (χ1n) is 5.37. The largest absolute Gasteiger partial charge is 0.316 e. The van der Waals surface area contributed by atoms with Crippen molar-refractivity contribution in [2.24, 2.45) is 5.92 Å². The van der Waals surface area contributed by atoms with E-state index in [4.69, 9.17) is 0 Å². The molecule has 2 heteroatoms. The number of rotatable bonds is 2. The molecule has 0 bridgehead atoms. The third kappa shape index (κ3) is 1.57. The zero-order valence-corrected chi connectivity index (χ0v) is 9.02. The maximum absolute atomic E-state index is 3.35. The van der Waals surface area contributed by atoms with E-state index in [1.165, 1.54) is 30.8 Å². The van der Waals surface area contributed by atoms with E-state index in [1.54, 1.807) is 5.56 Å². The van der Waals surface area contributed by atoms with E-state index in [0.717, 1.165) is 11.2 Å². The average molecular weight is 205 g/mol. The van der Waals surface area contributed by atoms with Crippen LogP contribution in [0.2, 0.25) is 0 Å². The third-order valence-corrected chi connectivity index (χ3v) is 4.52. The van der Waals surface area contributed by atoms with E-state index >= 15 is 0 Å². The lowest BCUT2D eigenvalue weighted by Crippen LogP contribution is -2.43. The summed E-state index contributed by atoms with van der Waals surface area (Å²) in [6.07, 6.45) is 2.68. The minimum atomic E-state index is 0.847. The molecule has 0 spiro atoms. The molecule has 1 atom stereocenters. The lowest BCUT2D eigenvalue weighted by Gasteiger charge is -2.29. The Balaban J connectivity index is 1.66. The zero-order valence-electron chi connectivity index (χ0n) is 8.20. The fourth-order valence-corrected chi connectivity index (χ4v) is 3.72. The summed E-state index contributed by atoms with van der Waals surface area (Å²) in [4.78, 5) is 1.52. The Bertz CT molecular complexity index is 308. The SMILES string of the molecule is c1ccc2c(c1)CC(CC1CNC1)S2. The quantitative estimate of drug-likeness (QED) is 0.795. The molecule has 1 fully saturated rings. The van der Waals surface area contributed by atoms with E-state index in [9.17, 15) is 0 Å². The highest BCUT2D eigenvalue weighted by Crippen LogP contribution is 2.39. The number of fused-ring (bicyclic) bond motifs is 1. The van der Waals surface area contributed by atoms with Crippen molar-refractivity contribution in [1.82, 2.24) is 5.32 Å². The van der Waals surface area contributed by atoms with Gasteiger partial charge in [-0.15, -0.1) is 11.8 Å². The molecule has 1 aromatic carbocycles. The third-order valence-electron chi connectivity index (χ3n) is 3.18. The summed E-state index contributed by atoms with van der Waals surface area (Å²) in [5, 5.41) is 4.19. The topological polar surface area (TPSA) is 12.0 Å². The van der Waals surface area contributed by atoms with Crippen molar-refractivity contribution in [2.75, 3.05) is 13.1 Å². The summed E-state index contributed by atoms with van der Waals surface area (Å²) in [7, 11) is 0. The van der Waals surface area contributed by atoms with E-state index in [-0.39, 0.29) is 0 Å². The van der Waals surface area contributed by atoms with Gasteiger partial charge in [0.15, 0.2) is 0 Å². The highest BCUT2D eigenvalue weighted by Gasteiger charge is 2.27. The van der Waals surface area contributed by atoms with Crippen LogP contribution >= 0.6 is 11.8 Å². The van der Waals surface area contributed by atoms with Gasteiger partial charge in [0.2, 0.25) is 0 Å². The first kappa shape index (κ1) is 8.81. The highest BCUT2D eigenvalue weighted by atomic mass is 32.2. The first-order valence-corrected chi connectivity index (χ1v) is 6.25. The Labute approximate surface area is 89.3 Å². The second-order valence-electron chi connectivity index (χ2n) is 4.31. The van der Waals surface area contributed by atoms with E-state index in [0.29, 0.717) is 0 Å². The maximum atomic E-state index is 3.35. The molecule has 74 valence electrons. The Morgan fingerprint density at radius 2 is 2.14 bits per heavy atom. The molecule has 0 saturated carbocycles. The smallest absolute Gasteiger partial charge is 0.0139 e.